The number of aryl methyl sites for hydroxylation is 1. The van der Waals surface area contributed by atoms with E-state index >= 15 is 0 Å². The molecule has 4 nitrogen and oxygen atoms in total. The first-order valence-electron chi connectivity index (χ1n) is 10.9. The van der Waals surface area contributed by atoms with E-state index in [-0.39, 0.29) is 0 Å². The summed E-state index contributed by atoms with van der Waals surface area (Å²) in [5, 5.41) is 4.13. The quantitative estimate of drug-likeness (QED) is 0.495. The summed E-state index contributed by atoms with van der Waals surface area (Å²) >= 11 is 0. The molecule has 0 N–H and O–H groups in total. The van der Waals surface area contributed by atoms with E-state index in [1.807, 2.05) is 18.2 Å². The third-order valence-corrected chi connectivity index (χ3v) is 6.22. The van der Waals surface area contributed by atoms with Crippen molar-refractivity contribution < 1.29 is 4.52 Å². The Bertz CT molecular complexity index is 951. The van der Waals surface area contributed by atoms with Crippen molar-refractivity contribution in [3.05, 3.63) is 77.7 Å². The zero-order chi connectivity index (χ0) is 20.9. The van der Waals surface area contributed by atoms with Crippen molar-refractivity contribution in [3.63, 3.8) is 0 Å². The number of aromatic nitrogens is 2. The molecule has 1 fully saturated rings. The van der Waals surface area contributed by atoms with E-state index in [1.165, 1.54) is 36.8 Å². The second kappa shape index (κ2) is 9.40. The first-order chi connectivity index (χ1) is 14.6. The van der Waals surface area contributed by atoms with E-state index in [0.29, 0.717) is 29.6 Å². The summed E-state index contributed by atoms with van der Waals surface area (Å²) in [5.41, 5.74) is 3.64. The number of allylic oxidation sites excluding steroid dienone is 1. The fraction of sp³-hybridized carbons (Fsp3) is 0.385. The molecular formula is C26H31N3O. The molecule has 30 heavy (non-hydrogen) atoms. The van der Waals surface area contributed by atoms with Crippen LogP contribution in [0.5, 0.6) is 0 Å². The van der Waals surface area contributed by atoms with Crippen LogP contribution < -0.4 is 0 Å². The Morgan fingerprint density at radius 3 is 2.33 bits per heavy atom. The molecule has 1 aliphatic carbocycles. The highest BCUT2D eigenvalue weighted by atomic mass is 16.5. The molecule has 4 heteroatoms. The lowest BCUT2D eigenvalue weighted by Gasteiger charge is -2.37. The predicted octanol–water partition coefficient (Wildman–Crippen LogP) is 6.17. The van der Waals surface area contributed by atoms with Crippen LogP contribution in [0.1, 0.15) is 48.7 Å². The molecule has 156 valence electrons. The standard InChI is InChI=1S/C26H31N3O/c1-19-9-14-23(15-10-19)26-27-24(30-28-26)18-13-20-11-16-22(17-12-20)25(29(2)3)21-7-5-4-6-8-21/h4-10,13-15,18,20,22,25H,11-12,16-17H2,1-3H3/b18-13+. The molecule has 1 atom stereocenters. The minimum absolute atomic E-state index is 0.490. The van der Waals surface area contributed by atoms with E-state index < -0.39 is 0 Å². The molecule has 0 radical (unpaired) electrons. The normalized spacial score (nSPS) is 20.7. The molecular weight excluding hydrogens is 370 g/mol. The minimum Gasteiger partial charge on any atom is -0.334 e. The average Bonchev–Trinajstić information content (AvgIpc) is 3.23. The Morgan fingerprint density at radius 2 is 1.67 bits per heavy atom. The molecule has 0 amide bonds. The highest BCUT2D eigenvalue weighted by molar-refractivity contribution is 5.56. The van der Waals surface area contributed by atoms with Crippen LogP contribution >= 0.6 is 0 Å². The van der Waals surface area contributed by atoms with Crippen LogP contribution in [0.4, 0.5) is 0 Å². The van der Waals surface area contributed by atoms with Crippen molar-refractivity contribution in [2.24, 2.45) is 11.8 Å². The monoisotopic (exact) mass is 401 g/mol. The van der Waals surface area contributed by atoms with E-state index in [0.717, 1.165) is 5.56 Å². The second-order valence-corrected chi connectivity index (χ2v) is 8.68. The molecule has 1 aromatic heterocycles. The molecule has 1 unspecified atom stereocenters. The topological polar surface area (TPSA) is 42.2 Å². The maximum Gasteiger partial charge on any atom is 0.250 e. The zero-order valence-corrected chi connectivity index (χ0v) is 18.2. The van der Waals surface area contributed by atoms with Crippen molar-refractivity contribution in [3.8, 4) is 11.4 Å². The third-order valence-electron chi connectivity index (χ3n) is 6.22. The van der Waals surface area contributed by atoms with Gasteiger partial charge in [-0.1, -0.05) is 71.4 Å². The molecule has 1 heterocycles. The lowest BCUT2D eigenvalue weighted by Crippen LogP contribution is -2.30. The Labute approximate surface area is 179 Å². The summed E-state index contributed by atoms with van der Waals surface area (Å²) in [6.45, 7) is 2.07. The fourth-order valence-electron chi connectivity index (χ4n) is 4.64. The first-order valence-corrected chi connectivity index (χ1v) is 10.9. The molecule has 1 saturated carbocycles. The molecule has 2 aromatic carbocycles. The largest absolute Gasteiger partial charge is 0.334 e. The summed E-state index contributed by atoms with van der Waals surface area (Å²) in [6.07, 6.45) is 9.15. The van der Waals surface area contributed by atoms with Gasteiger partial charge < -0.3 is 9.42 Å². The molecule has 0 spiro atoms. The number of benzene rings is 2. The van der Waals surface area contributed by atoms with Crippen LogP contribution in [0, 0.1) is 18.8 Å². The number of nitrogens with zero attached hydrogens (tertiary/aromatic N) is 3. The second-order valence-electron chi connectivity index (χ2n) is 8.68. The van der Waals surface area contributed by atoms with Gasteiger partial charge in [0.2, 0.25) is 5.82 Å². The number of hydrogen-bond acceptors (Lipinski definition) is 4. The lowest BCUT2D eigenvalue weighted by molar-refractivity contribution is 0.159. The van der Waals surface area contributed by atoms with Gasteiger partial charge in [-0.15, -0.1) is 0 Å². The summed E-state index contributed by atoms with van der Waals surface area (Å²) in [4.78, 5) is 6.91. The third kappa shape index (κ3) is 4.88. The molecule has 4 rings (SSSR count). The SMILES string of the molecule is Cc1ccc(-c2noc(/C=C/C3CCC(C(c4ccccc4)N(C)C)CC3)n2)cc1. The summed E-state index contributed by atoms with van der Waals surface area (Å²) < 4.78 is 5.43. The predicted molar refractivity (Wildman–Crippen MR) is 122 cm³/mol. The summed E-state index contributed by atoms with van der Waals surface area (Å²) in [7, 11) is 4.40. The maximum absolute atomic E-state index is 5.43. The van der Waals surface area contributed by atoms with Gasteiger partial charge in [0, 0.05) is 11.6 Å². The zero-order valence-electron chi connectivity index (χ0n) is 18.2. The minimum atomic E-state index is 0.490. The van der Waals surface area contributed by atoms with Crippen LogP contribution in [0.2, 0.25) is 0 Å². The van der Waals surface area contributed by atoms with Crippen LogP contribution in [-0.4, -0.2) is 29.1 Å². The molecule has 0 saturated heterocycles. The number of hydrogen-bond donors (Lipinski definition) is 0. The van der Waals surface area contributed by atoms with E-state index in [9.17, 15) is 0 Å². The molecule has 1 aliphatic rings. The van der Waals surface area contributed by atoms with Crippen molar-refractivity contribution >= 4 is 6.08 Å². The van der Waals surface area contributed by atoms with Gasteiger partial charge in [-0.05, 0) is 70.2 Å². The van der Waals surface area contributed by atoms with Gasteiger partial charge in [-0.3, -0.25) is 0 Å². The van der Waals surface area contributed by atoms with Crippen molar-refractivity contribution in [2.75, 3.05) is 14.1 Å². The molecule has 3 aromatic rings. The van der Waals surface area contributed by atoms with E-state index in [1.54, 1.807) is 0 Å². The Morgan fingerprint density at radius 1 is 0.967 bits per heavy atom. The van der Waals surface area contributed by atoms with Gasteiger partial charge in [-0.25, -0.2) is 0 Å². The highest BCUT2D eigenvalue weighted by Crippen LogP contribution is 2.39. The van der Waals surface area contributed by atoms with Gasteiger partial charge in [0.05, 0.1) is 0 Å². The van der Waals surface area contributed by atoms with Gasteiger partial charge in [0.15, 0.2) is 0 Å². The van der Waals surface area contributed by atoms with Crippen LogP contribution in [-0.2, 0) is 0 Å². The Hall–Kier alpha value is -2.72. The Kier molecular flexibility index (Phi) is 6.44. The number of rotatable bonds is 6. The molecule has 0 aliphatic heterocycles. The Balaban J connectivity index is 1.35. The van der Waals surface area contributed by atoms with Crippen molar-refractivity contribution in [1.29, 1.82) is 0 Å². The maximum atomic E-state index is 5.43. The van der Waals surface area contributed by atoms with Gasteiger partial charge in [0.25, 0.3) is 5.89 Å². The fourth-order valence-corrected chi connectivity index (χ4v) is 4.64. The lowest BCUT2D eigenvalue weighted by atomic mass is 9.76. The summed E-state index contributed by atoms with van der Waals surface area (Å²) in [6, 6.07) is 19.6. The van der Waals surface area contributed by atoms with Gasteiger partial charge >= 0.3 is 0 Å². The average molecular weight is 402 g/mol. The van der Waals surface area contributed by atoms with E-state index in [4.69, 9.17) is 4.52 Å². The van der Waals surface area contributed by atoms with E-state index in [2.05, 4.69) is 84.6 Å². The van der Waals surface area contributed by atoms with Crippen LogP contribution in [0.25, 0.3) is 17.5 Å². The molecule has 0 bridgehead atoms. The highest BCUT2D eigenvalue weighted by Gasteiger charge is 2.29. The van der Waals surface area contributed by atoms with Crippen molar-refractivity contribution in [1.82, 2.24) is 15.0 Å². The summed E-state index contributed by atoms with van der Waals surface area (Å²) in [5.74, 6) is 2.51. The van der Waals surface area contributed by atoms with Crippen LogP contribution in [0.3, 0.4) is 0 Å². The van der Waals surface area contributed by atoms with Crippen molar-refractivity contribution in [2.45, 2.75) is 38.6 Å². The smallest absolute Gasteiger partial charge is 0.250 e. The van der Waals surface area contributed by atoms with Crippen LogP contribution in [0.15, 0.2) is 65.2 Å². The van der Waals surface area contributed by atoms with Gasteiger partial charge in [0.1, 0.15) is 0 Å². The van der Waals surface area contributed by atoms with Gasteiger partial charge in [-0.2, -0.15) is 4.98 Å². The first kappa shape index (κ1) is 20.5.